The van der Waals surface area contributed by atoms with E-state index in [0.29, 0.717) is 18.6 Å². The Bertz CT molecular complexity index is 938. The van der Waals surface area contributed by atoms with Crippen molar-refractivity contribution < 1.29 is 14.3 Å². The van der Waals surface area contributed by atoms with Crippen LogP contribution in [0, 0.1) is 6.92 Å². The number of aryl methyl sites for hydroxylation is 3. The van der Waals surface area contributed by atoms with E-state index >= 15 is 0 Å². The first-order chi connectivity index (χ1) is 14.0. The molecule has 0 radical (unpaired) electrons. The molecule has 5 nitrogen and oxygen atoms in total. The number of likely N-dealkylation sites (tertiary alicyclic amines) is 1. The van der Waals surface area contributed by atoms with E-state index < -0.39 is 6.10 Å². The fraction of sp³-hybridized carbons (Fsp3) is 0.417. The van der Waals surface area contributed by atoms with E-state index in [-0.39, 0.29) is 11.8 Å². The summed E-state index contributed by atoms with van der Waals surface area (Å²) in [5, 5.41) is 3.01. The molecule has 5 heteroatoms. The molecule has 0 saturated carbocycles. The summed E-state index contributed by atoms with van der Waals surface area (Å²) >= 11 is 0. The second-order valence-corrected chi connectivity index (χ2v) is 8.17. The Morgan fingerprint density at radius 1 is 1.14 bits per heavy atom. The molecule has 1 saturated heterocycles. The maximum absolute atomic E-state index is 12.6. The maximum Gasteiger partial charge on any atom is 0.263 e. The number of nitrogens with one attached hydrogen (secondary N) is 1. The van der Waals surface area contributed by atoms with Gasteiger partial charge in [-0.3, -0.25) is 9.59 Å². The lowest BCUT2D eigenvalue weighted by Crippen LogP contribution is -2.29. The summed E-state index contributed by atoms with van der Waals surface area (Å²) in [5.74, 6) is 0.652. The number of nitrogens with zero attached hydrogens (tertiary/aromatic N) is 1. The monoisotopic (exact) mass is 392 g/mol. The number of anilines is 1. The average molecular weight is 392 g/mol. The summed E-state index contributed by atoms with van der Waals surface area (Å²) in [6.07, 6.45) is 5.42. The number of carbonyl (C=O) groups excluding carboxylic acids is 2. The molecule has 29 heavy (non-hydrogen) atoms. The van der Waals surface area contributed by atoms with Gasteiger partial charge in [-0.05, 0) is 73.1 Å². The second-order valence-electron chi connectivity index (χ2n) is 8.17. The Morgan fingerprint density at radius 2 is 1.93 bits per heavy atom. The Kier molecular flexibility index (Phi) is 5.56. The molecule has 1 fully saturated rings. The van der Waals surface area contributed by atoms with Crippen molar-refractivity contribution >= 4 is 17.5 Å². The first-order valence-corrected chi connectivity index (χ1v) is 10.4. The SMILES string of the molecule is Cc1cc(OC2CCN(C)C2=O)ccc1NC(=O)Cc1ccc2c(c1)CCCC2. The van der Waals surface area contributed by atoms with Crippen LogP contribution in [-0.4, -0.2) is 36.4 Å². The van der Waals surface area contributed by atoms with Crippen molar-refractivity contribution in [3.05, 3.63) is 58.7 Å². The summed E-state index contributed by atoms with van der Waals surface area (Å²) < 4.78 is 5.84. The second kappa shape index (κ2) is 8.27. The van der Waals surface area contributed by atoms with Gasteiger partial charge in [0.1, 0.15) is 5.75 Å². The number of amides is 2. The van der Waals surface area contributed by atoms with Gasteiger partial charge in [-0.1, -0.05) is 18.2 Å². The van der Waals surface area contributed by atoms with E-state index in [4.69, 9.17) is 4.74 Å². The van der Waals surface area contributed by atoms with Crippen LogP contribution in [0.4, 0.5) is 5.69 Å². The molecule has 2 amide bonds. The lowest BCUT2D eigenvalue weighted by Gasteiger charge is -2.17. The first kappa shape index (κ1) is 19.5. The summed E-state index contributed by atoms with van der Waals surface area (Å²) in [6.45, 7) is 2.66. The van der Waals surface area contributed by atoms with Crippen molar-refractivity contribution in [1.29, 1.82) is 0 Å². The van der Waals surface area contributed by atoms with Crippen LogP contribution >= 0.6 is 0 Å². The molecule has 1 aliphatic heterocycles. The highest BCUT2D eigenvalue weighted by atomic mass is 16.5. The van der Waals surface area contributed by atoms with Crippen molar-refractivity contribution in [3.63, 3.8) is 0 Å². The fourth-order valence-electron chi connectivity index (χ4n) is 4.19. The number of likely N-dealkylation sites (N-methyl/N-ethyl adjacent to an activating group) is 1. The molecule has 1 N–H and O–H groups in total. The van der Waals surface area contributed by atoms with Gasteiger partial charge in [-0.2, -0.15) is 0 Å². The minimum atomic E-state index is -0.413. The third-order valence-electron chi connectivity index (χ3n) is 5.91. The molecule has 0 spiro atoms. The zero-order valence-electron chi connectivity index (χ0n) is 17.2. The third-order valence-corrected chi connectivity index (χ3v) is 5.91. The van der Waals surface area contributed by atoms with Crippen molar-refractivity contribution in [1.82, 2.24) is 4.90 Å². The molecule has 4 rings (SSSR count). The molecular weight excluding hydrogens is 364 g/mol. The van der Waals surface area contributed by atoms with Gasteiger partial charge in [-0.25, -0.2) is 0 Å². The van der Waals surface area contributed by atoms with Gasteiger partial charge in [0.15, 0.2) is 6.10 Å². The van der Waals surface area contributed by atoms with Crippen LogP contribution < -0.4 is 10.1 Å². The Labute approximate surface area is 172 Å². The van der Waals surface area contributed by atoms with Gasteiger partial charge in [0.25, 0.3) is 5.91 Å². The standard InChI is InChI=1S/C24H28N2O3/c1-16-13-20(29-22-11-12-26(2)24(22)28)9-10-21(16)25-23(27)15-17-7-8-18-5-3-4-6-19(18)14-17/h7-10,13-14,22H,3-6,11-12,15H2,1-2H3,(H,25,27). The topological polar surface area (TPSA) is 58.6 Å². The van der Waals surface area contributed by atoms with Crippen LogP contribution in [0.2, 0.25) is 0 Å². The lowest BCUT2D eigenvalue weighted by molar-refractivity contribution is -0.132. The quantitative estimate of drug-likeness (QED) is 0.845. The Hall–Kier alpha value is -2.82. The number of hydrogen-bond donors (Lipinski definition) is 1. The van der Waals surface area contributed by atoms with E-state index in [2.05, 4.69) is 23.5 Å². The molecule has 0 aromatic heterocycles. The van der Waals surface area contributed by atoms with Crippen LogP contribution in [0.3, 0.4) is 0 Å². The smallest absolute Gasteiger partial charge is 0.263 e. The van der Waals surface area contributed by atoms with Crippen LogP contribution in [-0.2, 0) is 28.9 Å². The number of ether oxygens (including phenoxy) is 1. The molecule has 1 unspecified atom stereocenters. The number of benzene rings is 2. The van der Waals surface area contributed by atoms with Gasteiger partial charge in [0.05, 0.1) is 6.42 Å². The summed E-state index contributed by atoms with van der Waals surface area (Å²) in [5.41, 5.74) is 5.57. The summed E-state index contributed by atoms with van der Waals surface area (Å²) in [7, 11) is 1.79. The number of fused-ring (bicyclic) bond motifs is 1. The molecule has 0 bridgehead atoms. The minimum absolute atomic E-state index is 0.0186. The van der Waals surface area contributed by atoms with Crippen LogP contribution in [0.1, 0.15) is 41.5 Å². The van der Waals surface area contributed by atoms with Crippen molar-refractivity contribution in [2.45, 2.75) is 51.6 Å². The molecule has 2 aromatic carbocycles. The summed E-state index contributed by atoms with van der Waals surface area (Å²) in [4.78, 5) is 26.3. The molecule has 1 aliphatic carbocycles. The third kappa shape index (κ3) is 4.44. The maximum atomic E-state index is 12.6. The molecule has 2 aliphatic rings. The van der Waals surface area contributed by atoms with Crippen LogP contribution in [0.5, 0.6) is 5.75 Å². The highest BCUT2D eigenvalue weighted by Crippen LogP contribution is 2.25. The largest absolute Gasteiger partial charge is 0.481 e. The Morgan fingerprint density at radius 3 is 2.66 bits per heavy atom. The summed E-state index contributed by atoms with van der Waals surface area (Å²) in [6, 6.07) is 12.0. The zero-order valence-corrected chi connectivity index (χ0v) is 17.2. The average Bonchev–Trinajstić information content (AvgIpc) is 3.02. The first-order valence-electron chi connectivity index (χ1n) is 10.4. The molecule has 1 heterocycles. The van der Waals surface area contributed by atoms with Gasteiger partial charge in [0.2, 0.25) is 5.91 Å². The highest BCUT2D eigenvalue weighted by molar-refractivity contribution is 5.93. The van der Waals surface area contributed by atoms with Gasteiger partial charge in [-0.15, -0.1) is 0 Å². The van der Waals surface area contributed by atoms with Gasteiger partial charge < -0.3 is 15.0 Å². The minimum Gasteiger partial charge on any atom is -0.481 e. The Balaban J connectivity index is 1.37. The van der Waals surface area contributed by atoms with E-state index in [0.717, 1.165) is 36.2 Å². The van der Waals surface area contributed by atoms with Crippen molar-refractivity contribution in [2.75, 3.05) is 18.9 Å². The normalized spacial score (nSPS) is 18.5. The fourth-order valence-corrected chi connectivity index (χ4v) is 4.19. The predicted octanol–water partition coefficient (Wildman–Crippen LogP) is 3.66. The van der Waals surface area contributed by atoms with E-state index in [1.807, 2.05) is 25.1 Å². The number of rotatable bonds is 5. The van der Waals surface area contributed by atoms with E-state index in [1.54, 1.807) is 11.9 Å². The molecule has 152 valence electrons. The van der Waals surface area contributed by atoms with Gasteiger partial charge >= 0.3 is 0 Å². The lowest BCUT2D eigenvalue weighted by atomic mass is 9.90. The number of hydrogen-bond acceptors (Lipinski definition) is 3. The van der Waals surface area contributed by atoms with E-state index in [1.165, 1.54) is 24.0 Å². The molecule has 2 aromatic rings. The van der Waals surface area contributed by atoms with Crippen LogP contribution in [0.25, 0.3) is 0 Å². The van der Waals surface area contributed by atoms with Gasteiger partial charge in [0, 0.05) is 25.7 Å². The predicted molar refractivity (Wildman–Crippen MR) is 113 cm³/mol. The van der Waals surface area contributed by atoms with E-state index in [9.17, 15) is 9.59 Å². The zero-order chi connectivity index (χ0) is 20.4. The van der Waals surface area contributed by atoms with Crippen LogP contribution in [0.15, 0.2) is 36.4 Å². The molecule has 1 atom stereocenters. The molecular formula is C24H28N2O3. The highest BCUT2D eigenvalue weighted by Gasteiger charge is 2.30. The number of carbonyl (C=O) groups is 2. The van der Waals surface area contributed by atoms with Crippen molar-refractivity contribution in [2.24, 2.45) is 0 Å². The van der Waals surface area contributed by atoms with Crippen molar-refractivity contribution in [3.8, 4) is 5.75 Å².